The van der Waals surface area contributed by atoms with Gasteiger partial charge in [-0.05, 0) is 108 Å². The standard InChI is InChI=1S/C66H82N6O9.ClH/c1-10-69(11-2)51-28-30-55-58(44-51)81-59-45-52(70(12-3)13-4)29-31-56(59)62(55)53-23-17-18-24-54(53)65(76)71(63(47(5)6)64(75)68-66(7,8)9)35-37-78-39-41-80-43-42-79-40-38-77-36-33-60(73)67-34-32-61(74)72-46-50-22-15-14-20-48(50)26-27-49-21-16-19-25-57(49)72;/h14-25,28-31,44-45,47,63H,10-13,32-43,46H2,1-9H3,(H-,67,68,73,75);1H. The van der Waals surface area contributed by atoms with Crippen molar-refractivity contribution in [3.63, 3.8) is 0 Å². The van der Waals surface area contributed by atoms with Crippen LogP contribution in [0.15, 0.2) is 114 Å². The van der Waals surface area contributed by atoms with E-state index in [1.54, 1.807) is 9.80 Å². The summed E-state index contributed by atoms with van der Waals surface area (Å²) >= 11 is 0. The average molecular weight is 1140 g/mol. The van der Waals surface area contributed by atoms with Gasteiger partial charge < -0.3 is 61.1 Å². The summed E-state index contributed by atoms with van der Waals surface area (Å²) in [6.45, 7) is 24.7. The van der Waals surface area contributed by atoms with E-state index in [1.807, 2.05) is 107 Å². The Morgan fingerprint density at radius 2 is 1.33 bits per heavy atom. The molecule has 2 heterocycles. The van der Waals surface area contributed by atoms with Crippen molar-refractivity contribution in [2.24, 2.45) is 5.92 Å². The maximum absolute atomic E-state index is 15.4. The largest absolute Gasteiger partial charge is 1.00 e. The molecule has 4 aromatic carbocycles. The molecule has 1 atom stereocenters. The fourth-order valence-electron chi connectivity index (χ4n) is 10.2. The van der Waals surface area contributed by atoms with E-state index < -0.39 is 11.6 Å². The number of halogens is 1. The van der Waals surface area contributed by atoms with E-state index in [2.05, 4.69) is 96.0 Å². The van der Waals surface area contributed by atoms with Gasteiger partial charge in [0.05, 0.1) is 71.2 Å². The molecule has 3 aliphatic rings. The smallest absolute Gasteiger partial charge is 0.255 e. The van der Waals surface area contributed by atoms with Gasteiger partial charge >= 0.3 is 0 Å². The molecule has 1 unspecified atom stereocenters. The van der Waals surface area contributed by atoms with Crippen molar-refractivity contribution >= 4 is 46.0 Å². The zero-order chi connectivity index (χ0) is 57.9. The maximum atomic E-state index is 15.4. The lowest BCUT2D eigenvalue weighted by Gasteiger charge is -2.36. The number of para-hydroxylation sites is 1. The quantitative estimate of drug-likeness (QED) is 0.0253. The molecule has 1 aliphatic carbocycles. The number of nitrogens with one attached hydrogen (secondary N) is 2. The topological polar surface area (TPSA) is 155 Å². The molecule has 438 valence electrons. The number of fused-ring (bicyclic) bond motifs is 4. The van der Waals surface area contributed by atoms with Gasteiger partial charge in [-0.15, -0.1) is 0 Å². The monoisotopic (exact) mass is 1140 g/mol. The summed E-state index contributed by atoms with van der Waals surface area (Å²) in [5, 5.41) is 7.92. The third-order valence-corrected chi connectivity index (χ3v) is 14.3. The van der Waals surface area contributed by atoms with Crippen LogP contribution in [-0.4, -0.2) is 132 Å². The van der Waals surface area contributed by atoms with E-state index >= 15 is 4.79 Å². The number of carbonyl (C=O) groups excluding carboxylic acids is 4. The second kappa shape index (κ2) is 31.4. The minimum absolute atomic E-state index is 0. The van der Waals surface area contributed by atoms with Crippen LogP contribution in [0.3, 0.4) is 0 Å². The lowest BCUT2D eigenvalue weighted by atomic mass is 9.89. The Bertz CT molecular complexity index is 3200. The highest BCUT2D eigenvalue weighted by Gasteiger charge is 2.36. The molecule has 2 N–H and O–H groups in total. The van der Waals surface area contributed by atoms with E-state index in [1.165, 1.54) is 0 Å². The first kappa shape index (κ1) is 64.1. The van der Waals surface area contributed by atoms with Crippen molar-refractivity contribution in [2.45, 2.75) is 93.3 Å². The highest BCUT2D eigenvalue weighted by atomic mass is 35.5. The number of benzene rings is 5. The first-order valence-electron chi connectivity index (χ1n) is 28.8. The fourth-order valence-corrected chi connectivity index (χ4v) is 10.2. The molecule has 0 fully saturated rings. The van der Waals surface area contributed by atoms with Crippen molar-refractivity contribution in [3.05, 3.63) is 137 Å². The molecule has 0 saturated heterocycles. The molecule has 0 radical (unpaired) electrons. The Balaban J connectivity index is 0.0000108. The van der Waals surface area contributed by atoms with Crippen LogP contribution in [0.4, 0.5) is 11.4 Å². The predicted octanol–water partition coefficient (Wildman–Crippen LogP) is 6.16. The zero-order valence-electron chi connectivity index (χ0n) is 49.4. The molecule has 15 nitrogen and oxygen atoms in total. The summed E-state index contributed by atoms with van der Waals surface area (Å²) in [4.78, 5) is 61.4. The van der Waals surface area contributed by atoms with E-state index in [4.69, 9.17) is 23.4 Å². The van der Waals surface area contributed by atoms with Crippen LogP contribution in [-0.2, 0) is 39.9 Å². The molecule has 0 saturated carbocycles. The second-order valence-electron chi connectivity index (χ2n) is 21.4. The maximum Gasteiger partial charge on any atom is 0.255 e. The summed E-state index contributed by atoms with van der Waals surface area (Å²) in [6.07, 6.45) is 0.301. The van der Waals surface area contributed by atoms with Crippen molar-refractivity contribution < 1.29 is 54.9 Å². The number of hydrogen-bond acceptors (Lipinski definition) is 10. The average Bonchev–Trinajstić information content (AvgIpc) is 3.44. The Hall–Kier alpha value is -7.06. The van der Waals surface area contributed by atoms with E-state index in [-0.39, 0.29) is 87.7 Å². The molecule has 82 heavy (non-hydrogen) atoms. The Kier molecular flexibility index (Phi) is 24.5. The summed E-state index contributed by atoms with van der Waals surface area (Å²) < 4.78 is 32.3. The lowest BCUT2D eigenvalue weighted by molar-refractivity contribution is -0.129. The molecule has 2 aliphatic heterocycles. The van der Waals surface area contributed by atoms with Gasteiger partial charge in [-0.3, -0.25) is 19.2 Å². The van der Waals surface area contributed by atoms with Crippen molar-refractivity contribution in [1.82, 2.24) is 20.1 Å². The number of amides is 4. The van der Waals surface area contributed by atoms with Crippen LogP contribution in [0.5, 0.6) is 0 Å². The first-order chi connectivity index (χ1) is 39.2. The Morgan fingerprint density at radius 3 is 2.00 bits per heavy atom. The molecule has 0 bridgehead atoms. The number of ether oxygens (including phenoxy) is 4. The Morgan fingerprint density at radius 1 is 0.707 bits per heavy atom. The molecular weight excluding hydrogens is 1060 g/mol. The van der Waals surface area contributed by atoms with E-state index in [9.17, 15) is 14.4 Å². The SMILES string of the molecule is CCN(CC)c1ccc2c(-c3ccccc3C(=O)N(CCOCCOCCOCCOCCC(=O)NCCC(=O)N3Cc4ccccc4C#Cc4ccccc43)C(C(=O)NC(C)(C)C)C(C)C)c3ccc(=[N+](CC)CC)cc-3oc2c1.[Cl-]. The molecule has 4 amide bonds. The molecule has 0 aromatic heterocycles. The van der Waals surface area contributed by atoms with Crippen LogP contribution >= 0.6 is 0 Å². The number of carbonyl (C=O) groups is 4. The second-order valence-corrected chi connectivity index (χ2v) is 21.4. The summed E-state index contributed by atoms with van der Waals surface area (Å²) in [5.41, 5.74) is 7.62. The van der Waals surface area contributed by atoms with Crippen molar-refractivity contribution in [1.29, 1.82) is 0 Å². The van der Waals surface area contributed by atoms with Crippen LogP contribution < -0.4 is 42.8 Å². The molecular formula is C66H83ClN6O9. The molecule has 0 spiro atoms. The molecule has 16 heteroatoms. The van der Waals surface area contributed by atoms with Crippen LogP contribution in [0.2, 0.25) is 0 Å². The van der Waals surface area contributed by atoms with E-state index in [0.717, 1.165) is 81.7 Å². The zero-order valence-corrected chi connectivity index (χ0v) is 50.2. The number of nitrogens with zero attached hydrogens (tertiary/aromatic N) is 4. The van der Waals surface area contributed by atoms with Gasteiger partial charge in [-0.2, -0.15) is 0 Å². The van der Waals surface area contributed by atoms with Gasteiger partial charge in [0.2, 0.25) is 23.1 Å². The number of rotatable bonds is 28. The normalized spacial score (nSPS) is 12.3. The highest BCUT2D eigenvalue weighted by molar-refractivity contribution is 6.10. The van der Waals surface area contributed by atoms with Crippen LogP contribution in [0, 0.1) is 17.8 Å². The van der Waals surface area contributed by atoms with Gasteiger partial charge in [0.1, 0.15) is 30.5 Å². The molecule has 4 aromatic rings. The van der Waals surface area contributed by atoms with Crippen LogP contribution in [0.25, 0.3) is 33.4 Å². The molecule has 7 rings (SSSR count). The van der Waals surface area contributed by atoms with Gasteiger partial charge in [-0.25, -0.2) is 4.58 Å². The first-order valence-corrected chi connectivity index (χ1v) is 28.8. The van der Waals surface area contributed by atoms with E-state index in [0.29, 0.717) is 56.5 Å². The number of hydrogen-bond donors (Lipinski definition) is 2. The van der Waals surface area contributed by atoms with Crippen molar-refractivity contribution in [2.75, 3.05) is 102 Å². The third kappa shape index (κ3) is 17.0. The predicted molar refractivity (Wildman–Crippen MR) is 321 cm³/mol. The van der Waals surface area contributed by atoms with Gasteiger partial charge in [0.25, 0.3) is 5.91 Å². The third-order valence-electron chi connectivity index (χ3n) is 14.3. The Labute approximate surface area is 491 Å². The highest BCUT2D eigenvalue weighted by Crippen LogP contribution is 2.42. The van der Waals surface area contributed by atoms with Gasteiger partial charge in [0.15, 0.2) is 0 Å². The minimum Gasteiger partial charge on any atom is -1.00 e. The number of anilines is 2. The summed E-state index contributed by atoms with van der Waals surface area (Å²) in [6, 6.07) is 34.9. The van der Waals surface area contributed by atoms with Crippen molar-refractivity contribution in [3.8, 4) is 34.3 Å². The minimum atomic E-state index is -0.799. The van der Waals surface area contributed by atoms with Gasteiger partial charge in [-0.1, -0.05) is 74.2 Å². The summed E-state index contributed by atoms with van der Waals surface area (Å²) in [5.74, 6) is 6.11. The summed E-state index contributed by atoms with van der Waals surface area (Å²) in [7, 11) is 0. The fraction of sp³-hybridized carbons (Fsp3) is 0.439. The lowest BCUT2D eigenvalue weighted by Crippen LogP contribution is -3.00. The van der Waals surface area contributed by atoms with Crippen LogP contribution in [0.1, 0.15) is 102 Å². The van der Waals surface area contributed by atoms with Gasteiger partial charge in [0, 0.05) is 95.6 Å².